The smallest absolute Gasteiger partial charge is 0.354 e. The van der Waals surface area contributed by atoms with E-state index in [2.05, 4.69) is 15.6 Å². The number of guanidine groups is 1. The molecule has 1 saturated carbocycles. The Kier molecular flexibility index (Phi) is 9.52. The zero-order chi connectivity index (χ0) is 20.0. The van der Waals surface area contributed by atoms with Crippen molar-refractivity contribution in [3.8, 4) is 0 Å². The third kappa shape index (κ3) is 7.48. The van der Waals surface area contributed by atoms with Gasteiger partial charge in [-0.3, -0.25) is 4.79 Å². The average Bonchev–Trinajstić information content (AvgIpc) is 3.11. The van der Waals surface area contributed by atoms with Gasteiger partial charge in [0.2, 0.25) is 5.91 Å². The first-order valence-corrected chi connectivity index (χ1v) is 9.11. The number of hydrogen-bond donors (Lipinski definition) is 2. The van der Waals surface area contributed by atoms with Crippen LogP contribution >= 0.6 is 24.0 Å². The van der Waals surface area contributed by atoms with Crippen LogP contribution in [0.3, 0.4) is 0 Å². The second-order valence-corrected chi connectivity index (χ2v) is 7.07. The highest BCUT2D eigenvalue weighted by molar-refractivity contribution is 14.0. The van der Waals surface area contributed by atoms with E-state index in [0.717, 1.165) is 37.8 Å². The Morgan fingerprint density at radius 2 is 1.93 bits per heavy atom. The summed E-state index contributed by atoms with van der Waals surface area (Å²) in [6.07, 6.45) is -0.0943. The number of nitrogens with zero attached hydrogens (tertiary/aromatic N) is 2. The first-order chi connectivity index (χ1) is 12.7. The molecule has 2 rings (SSSR count). The Morgan fingerprint density at radius 3 is 2.50 bits per heavy atom. The maximum Gasteiger partial charge on any atom is 0.416 e. The number of likely N-dealkylation sites (N-methyl/N-ethyl adjacent to an activating group) is 1. The largest absolute Gasteiger partial charge is 0.416 e. The first-order valence-electron chi connectivity index (χ1n) is 9.11. The summed E-state index contributed by atoms with van der Waals surface area (Å²) < 4.78 is 38.9. The predicted octanol–water partition coefficient (Wildman–Crippen LogP) is 3.95. The molecule has 1 aliphatic carbocycles. The molecule has 0 radical (unpaired) electrons. The summed E-state index contributed by atoms with van der Waals surface area (Å²) >= 11 is 0. The number of halogens is 4. The minimum absolute atomic E-state index is 0. The van der Waals surface area contributed by atoms with E-state index < -0.39 is 17.8 Å². The van der Waals surface area contributed by atoms with Crippen LogP contribution in [-0.2, 0) is 11.0 Å². The molecule has 1 aromatic carbocycles. The molecule has 1 fully saturated rings. The van der Waals surface area contributed by atoms with E-state index in [1.54, 1.807) is 27.1 Å². The Hall–Kier alpha value is -1.52. The number of rotatable bonds is 5. The molecule has 1 amide bonds. The third-order valence-corrected chi connectivity index (χ3v) is 4.63. The van der Waals surface area contributed by atoms with Crippen LogP contribution in [0, 0.1) is 0 Å². The second kappa shape index (κ2) is 10.9. The van der Waals surface area contributed by atoms with Gasteiger partial charge in [-0.05, 0) is 37.5 Å². The van der Waals surface area contributed by atoms with Gasteiger partial charge in [-0.1, -0.05) is 25.0 Å². The Balaban J connectivity index is 0.00000392. The Bertz CT molecular complexity index is 673. The molecule has 1 aliphatic rings. The molecule has 1 aromatic rings. The molecular formula is C19H28F3IN4O. The van der Waals surface area contributed by atoms with Crippen LogP contribution in [-0.4, -0.2) is 43.4 Å². The molecule has 1 unspecified atom stereocenters. The lowest BCUT2D eigenvalue weighted by molar-refractivity contribution is -0.137. The molecule has 2 N–H and O–H groups in total. The Labute approximate surface area is 181 Å². The minimum Gasteiger partial charge on any atom is -0.354 e. The van der Waals surface area contributed by atoms with E-state index in [0.29, 0.717) is 11.5 Å². The van der Waals surface area contributed by atoms with E-state index in [1.807, 2.05) is 0 Å². The van der Waals surface area contributed by atoms with Gasteiger partial charge >= 0.3 is 6.18 Å². The summed E-state index contributed by atoms with van der Waals surface area (Å²) in [6.45, 7) is 1.75. The van der Waals surface area contributed by atoms with E-state index in [9.17, 15) is 18.0 Å². The highest BCUT2D eigenvalue weighted by Crippen LogP contribution is 2.30. The molecule has 0 aromatic heterocycles. The number of aliphatic imine (C=N–C) groups is 1. The minimum atomic E-state index is -4.38. The van der Waals surface area contributed by atoms with E-state index >= 15 is 0 Å². The lowest BCUT2D eigenvalue weighted by Crippen LogP contribution is -2.44. The maximum absolute atomic E-state index is 13.0. The van der Waals surface area contributed by atoms with Crippen molar-refractivity contribution >= 4 is 35.8 Å². The number of nitrogens with one attached hydrogen (secondary N) is 2. The zero-order valence-electron chi connectivity index (χ0n) is 16.3. The van der Waals surface area contributed by atoms with Gasteiger partial charge in [0.05, 0.1) is 11.6 Å². The van der Waals surface area contributed by atoms with Crippen molar-refractivity contribution in [2.75, 3.05) is 20.6 Å². The maximum atomic E-state index is 13.0. The quantitative estimate of drug-likeness (QED) is 0.357. The van der Waals surface area contributed by atoms with Crippen molar-refractivity contribution in [3.63, 3.8) is 0 Å². The fourth-order valence-corrected chi connectivity index (χ4v) is 2.96. The van der Waals surface area contributed by atoms with E-state index in [4.69, 9.17) is 0 Å². The highest BCUT2D eigenvalue weighted by Gasteiger charge is 2.30. The number of hydrogen-bond acceptors (Lipinski definition) is 2. The summed E-state index contributed by atoms with van der Waals surface area (Å²) in [6, 6.07) is 5.10. The van der Waals surface area contributed by atoms with Crippen LogP contribution in [0.2, 0.25) is 0 Å². The average molecular weight is 512 g/mol. The van der Waals surface area contributed by atoms with Gasteiger partial charge in [0.15, 0.2) is 5.96 Å². The van der Waals surface area contributed by atoms with Crippen molar-refractivity contribution in [2.45, 2.75) is 50.9 Å². The number of alkyl halides is 3. The second-order valence-electron chi connectivity index (χ2n) is 7.07. The zero-order valence-corrected chi connectivity index (χ0v) is 18.7. The molecule has 5 nitrogen and oxygen atoms in total. The topological polar surface area (TPSA) is 56.7 Å². The number of amides is 1. The molecule has 158 valence electrons. The molecule has 9 heteroatoms. The number of carbonyl (C=O) groups is 1. The highest BCUT2D eigenvalue weighted by atomic mass is 127. The fraction of sp³-hybridized carbons (Fsp3) is 0.579. The first kappa shape index (κ1) is 24.5. The lowest BCUT2D eigenvalue weighted by atomic mass is 10.1. The molecule has 1 atom stereocenters. The van der Waals surface area contributed by atoms with Gasteiger partial charge in [-0.25, -0.2) is 4.99 Å². The van der Waals surface area contributed by atoms with Crippen LogP contribution in [0.25, 0.3) is 0 Å². The molecule has 0 aliphatic heterocycles. The van der Waals surface area contributed by atoms with Crippen molar-refractivity contribution in [2.24, 2.45) is 4.99 Å². The summed E-state index contributed by atoms with van der Waals surface area (Å²) in [5.74, 6) is 0.302. The summed E-state index contributed by atoms with van der Waals surface area (Å²) in [5, 5.41) is 6.44. The van der Waals surface area contributed by atoms with Crippen LogP contribution in [0.4, 0.5) is 13.2 Å². The number of carbonyl (C=O) groups excluding carboxylic acids is 1. The lowest BCUT2D eigenvalue weighted by Gasteiger charge is -2.22. The van der Waals surface area contributed by atoms with Gasteiger partial charge in [-0.2, -0.15) is 13.2 Å². The van der Waals surface area contributed by atoms with Crippen LogP contribution in [0.15, 0.2) is 29.3 Å². The predicted molar refractivity (Wildman–Crippen MR) is 115 cm³/mol. The molecule has 0 spiro atoms. The van der Waals surface area contributed by atoms with Crippen LogP contribution in [0.5, 0.6) is 0 Å². The fourth-order valence-electron chi connectivity index (χ4n) is 2.96. The normalized spacial score (nSPS) is 16.3. The SMILES string of the molecule is CC(NC(=NCC(=O)N(C)C)NC1CCCC1)c1cccc(C(F)(F)F)c1.I. The summed E-state index contributed by atoms with van der Waals surface area (Å²) in [4.78, 5) is 17.6. The van der Waals surface area contributed by atoms with Crippen molar-refractivity contribution in [3.05, 3.63) is 35.4 Å². The molecule has 28 heavy (non-hydrogen) atoms. The molecule has 0 saturated heterocycles. The van der Waals surface area contributed by atoms with Gasteiger partial charge in [0, 0.05) is 20.1 Å². The van der Waals surface area contributed by atoms with Crippen molar-refractivity contribution in [1.82, 2.24) is 15.5 Å². The van der Waals surface area contributed by atoms with Gasteiger partial charge < -0.3 is 15.5 Å². The summed E-state index contributed by atoms with van der Waals surface area (Å²) in [5.41, 5.74) is -0.177. The van der Waals surface area contributed by atoms with Gasteiger partial charge in [0.1, 0.15) is 6.54 Å². The molecule has 0 bridgehead atoms. The van der Waals surface area contributed by atoms with Crippen LogP contribution < -0.4 is 10.6 Å². The summed E-state index contributed by atoms with van der Waals surface area (Å²) in [7, 11) is 3.31. The van der Waals surface area contributed by atoms with E-state index in [1.165, 1.54) is 11.0 Å². The van der Waals surface area contributed by atoms with Crippen molar-refractivity contribution in [1.29, 1.82) is 0 Å². The molecular weight excluding hydrogens is 484 g/mol. The van der Waals surface area contributed by atoms with Crippen LogP contribution in [0.1, 0.15) is 49.8 Å². The Morgan fingerprint density at radius 1 is 1.29 bits per heavy atom. The van der Waals surface area contributed by atoms with Gasteiger partial charge in [-0.15, -0.1) is 24.0 Å². The van der Waals surface area contributed by atoms with Crippen molar-refractivity contribution < 1.29 is 18.0 Å². The van der Waals surface area contributed by atoms with Gasteiger partial charge in [0.25, 0.3) is 0 Å². The standard InChI is InChI=1S/C19H27F3N4O.HI/c1-13(14-7-6-8-15(11-14)19(20,21)22)24-18(23-12-17(27)26(2)3)25-16-9-4-5-10-16;/h6-8,11,13,16H,4-5,9-10,12H2,1-3H3,(H2,23,24,25);1H. The molecule has 0 heterocycles. The monoisotopic (exact) mass is 512 g/mol. The third-order valence-electron chi connectivity index (χ3n) is 4.63. The van der Waals surface area contributed by atoms with E-state index in [-0.39, 0.29) is 42.5 Å². The number of benzene rings is 1.